The lowest BCUT2D eigenvalue weighted by atomic mass is 9.82. The maximum absolute atomic E-state index is 4.39. The van der Waals surface area contributed by atoms with Gasteiger partial charge in [0, 0.05) is 4.91 Å². The van der Waals surface area contributed by atoms with Crippen LogP contribution in [-0.4, -0.2) is 0 Å². The van der Waals surface area contributed by atoms with Crippen LogP contribution in [0.4, 0.5) is 0 Å². The van der Waals surface area contributed by atoms with Gasteiger partial charge >= 0.3 is 0 Å². The lowest BCUT2D eigenvalue weighted by Gasteiger charge is -2.23. The summed E-state index contributed by atoms with van der Waals surface area (Å²) < 4.78 is 0. The fourth-order valence-electron chi connectivity index (χ4n) is 3.10. The minimum atomic E-state index is 0.587. The Labute approximate surface area is 146 Å². The fourth-order valence-corrected chi connectivity index (χ4v) is 3.31. The van der Waals surface area contributed by atoms with Crippen molar-refractivity contribution in [1.82, 2.24) is 0 Å². The average molecular weight is 323 g/mol. The number of rotatable bonds is 5. The molecule has 0 amide bonds. The quantitative estimate of drug-likeness (QED) is 0.466. The molecule has 1 aromatic carbocycles. The monoisotopic (exact) mass is 322 g/mol. The van der Waals surface area contributed by atoms with E-state index in [1.165, 1.54) is 27.8 Å². The summed E-state index contributed by atoms with van der Waals surface area (Å²) in [6.45, 7) is 10.4. The van der Waals surface area contributed by atoms with Crippen molar-refractivity contribution < 1.29 is 0 Å². The second kappa shape index (κ2) is 8.21. The number of aryl methyl sites for hydroxylation is 1. The third-order valence-electron chi connectivity index (χ3n) is 4.30. The van der Waals surface area contributed by atoms with Crippen molar-refractivity contribution in [3.8, 4) is 0 Å². The Morgan fingerprint density at radius 1 is 1.35 bits per heavy atom. The molecule has 0 fully saturated rings. The molecule has 2 rings (SSSR count). The third kappa shape index (κ3) is 4.62. The molecule has 0 radical (unpaired) electrons. The number of hydrogen-bond donors (Lipinski definition) is 1. The molecule has 0 bridgehead atoms. The second-order valence-corrected chi connectivity index (χ2v) is 6.74. The van der Waals surface area contributed by atoms with Gasteiger partial charge in [-0.15, -0.1) is 12.6 Å². The summed E-state index contributed by atoms with van der Waals surface area (Å²) in [7, 11) is 0. The fraction of sp³-hybridized carbons (Fsp3) is 0.273. The van der Waals surface area contributed by atoms with Crippen LogP contribution in [0.25, 0.3) is 5.57 Å². The van der Waals surface area contributed by atoms with Gasteiger partial charge in [-0.05, 0) is 66.5 Å². The van der Waals surface area contributed by atoms with Crippen LogP contribution >= 0.6 is 12.6 Å². The molecule has 0 aliphatic heterocycles. The van der Waals surface area contributed by atoms with E-state index in [9.17, 15) is 0 Å². The molecule has 0 nitrogen and oxygen atoms in total. The van der Waals surface area contributed by atoms with Crippen LogP contribution in [0.5, 0.6) is 0 Å². The summed E-state index contributed by atoms with van der Waals surface area (Å²) in [5, 5.41) is 0. The molecule has 0 spiro atoms. The van der Waals surface area contributed by atoms with Gasteiger partial charge in [0.25, 0.3) is 0 Å². The van der Waals surface area contributed by atoms with Gasteiger partial charge < -0.3 is 0 Å². The summed E-state index contributed by atoms with van der Waals surface area (Å²) in [5.41, 5.74) is 6.99. The van der Waals surface area contributed by atoms with Crippen molar-refractivity contribution in [3.05, 3.63) is 88.4 Å². The van der Waals surface area contributed by atoms with Gasteiger partial charge in [-0.25, -0.2) is 0 Å². The molecule has 1 aromatic rings. The molecule has 0 aromatic heterocycles. The van der Waals surface area contributed by atoms with Crippen LogP contribution in [-0.2, 0) is 6.42 Å². The Kier molecular flexibility index (Phi) is 6.29. The van der Waals surface area contributed by atoms with Gasteiger partial charge in [0.1, 0.15) is 0 Å². The highest BCUT2D eigenvalue weighted by Crippen LogP contribution is 2.35. The van der Waals surface area contributed by atoms with Crippen LogP contribution in [0.15, 0.2) is 71.7 Å². The minimum Gasteiger partial charge on any atom is -0.143 e. The Morgan fingerprint density at radius 2 is 2.13 bits per heavy atom. The highest BCUT2D eigenvalue weighted by molar-refractivity contribution is 7.84. The highest BCUT2D eigenvalue weighted by atomic mass is 32.1. The molecular weight excluding hydrogens is 296 g/mol. The predicted octanol–water partition coefficient (Wildman–Crippen LogP) is 6.46. The summed E-state index contributed by atoms with van der Waals surface area (Å²) in [4.78, 5) is 0.928. The third-order valence-corrected chi connectivity index (χ3v) is 4.60. The zero-order valence-corrected chi connectivity index (χ0v) is 15.2. The molecular formula is C22H26S. The minimum absolute atomic E-state index is 0.587. The number of thiol groups is 1. The topological polar surface area (TPSA) is 0 Å². The van der Waals surface area contributed by atoms with Crippen molar-refractivity contribution in [2.24, 2.45) is 5.92 Å². The summed E-state index contributed by atoms with van der Waals surface area (Å²) in [5.74, 6) is 0.587. The number of benzene rings is 1. The van der Waals surface area contributed by atoms with E-state index in [-0.39, 0.29) is 0 Å². The van der Waals surface area contributed by atoms with E-state index in [2.05, 4.69) is 76.4 Å². The van der Waals surface area contributed by atoms with Crippen LogP contribution < -0.4 is 0 Å². The van der Waals surface area contributed by atoms with E-state index in [4.69, 9.17) is 0 Å². The van der Waals surface area contributed by atoms with Gasteiger partial charge in [0.15, 0.2) is 0 Å². The van der Waals surface area contributed by atoms with E-state index in [0.717, 1.165) is 17.7 Å². The first-order valence-electron chi connectivity index (χ1n) is 8.18. The average Bonchev–Trinajstić information content (AvgIpc) is 2.50. The first kappa shape index (κ1) is 17.6. The highest BCUT2D eigenvalue weighted by Gasteiger charge is 2.17. The van der Waals surface area contributed by atoms with E-state index in [0.29, 0.717) is 5.92 Å². The van der Waals surface area contributed by atoms with Crippen molar-refractivity contribution in [2.45, 2.75) is 33.6 Å². The molecule has 1 aliphatic carbocycles. The standard InChI is InChI=1S/C22H26S/c1-5-8-20(23)12-7-11-19-14-13-16(2)21(15-19)22-17(3)9-6-10-18(22)4/h5-9,12-15,18,23H,1,10-11H2,2-4H3/b12-7-,20-8+. The molecule has 23 heavy (non-hydrogen) atoms. The van der Waals surface area contributed by atoms with E-state index >= 15 is 0 Å². The summed E-state index contributed by atoms with van der Waals surface area (Å²) >= 11 is 4.39. The molecule has 0 saturated carbocycles. The van der Waals surface area contributed by atoms with Crippen LogP contribution in [0, 0.1) is 12.8 Å². The van der Waals surface area contributed by atoms with Crippen LogP contribution in [0.2, 0.25) is 0 Å². The van der Waals surface area contributed by atoms with Crippen molar-refractivity contribution in [2.75, 3.05) is 0 Å². The Bertz CT molecular complexity index is 699. The number of hydrogen-bond acceptors (Lipinski definition) is 1. The van der Waals surface area contributed by atoms with E-state index < -0.39 is 0 Å². The van der Waals surface area contributed by atoms with Gasteiger partial charge in [0.2, 0.25) is 0 Å². The first-order valence-corrected chi connectivity index (χ1v) is 8.63. The molecule has 1 aliphatic rings. The molecule has 1 atom stereocenters. The largest absolute Gasteiger partial charge is 0.143 e. The predicted molar refractivity (Wildman–Crippen MR) is 107 cm³/mol. The Balaban J connectivity index is 2.28. The molecule has 120 valence electrons. The first-order chi connectivity index (χ1) is 11.0. The molecule has 0 N–H and O–H groups in total. The maximum Gasteiger partial charge on any atom is 0.00367 e. The molecule has 1 heteroatoms. The summed E-state index contributed by atoms with van der Waals surface area (Å²) in [6, 6.07) is 6.81. The number of allylic oxidation sites excluding steroid dienone is 8. The van der Waals surface area contributed by atoms with Crippen molar-refractivity contribution in [3.63, 3.8) is 0 Å². The zero-order chi connectivity index (χ0) is 16.8. The van der Waals surface area contributed by atoms with E-state index in [1.807, 2.05) is 12.2 Å². The van der Waals surface area contributed by atoms with Gasteiger partial charge in [0.05, 0.1) is 0 Å². The zero-order valence-electron chi connectivity index (χ0n) is 14.3. The van der Waals surface area contributed by atoms with Gasteiger partial charge in [-0.2, -0.15) is 0 Å². The lowest BCUT2D eigenvalue weighted by Crippen LogP contribution is -2.05. The Hall–Kier alpha value is -1.73. The Morgan fingerprint density at radius 3 is 2.83 bits per heavy atom. The molecule has 1 unspecified atom stereocenters. The normalized spacial score (nSPS) is 18.8. The second-order valence-electron chi connectivity index (χ2n) is 6.22. The smallest absolute Gasteiger partial charge is 0.00367 e. The summed E-state index contributed by atoms with van der Waals surface area (Å²) in [6.07, 6.45) is 14.4. The van der Waals surface area contributed by atoms with Gasteiger partial charge in [-0.3, -0.25) is 0 Å². The lowest BCUT2D eigenvalue weighted by molar-refractivity contribution is 0.751. The van der Waals surface area contributed by atoms with E-state index in [1.54, 1.807) is 6.08 Å². The SMILES string of the molecule is C=C/C=C(S)\C=C/Cc1ccc(C)c(C2=C(C)C=CCC2C)c1. The van der Waals surface area contributed by atoms with Crippen molar-refractivity contribution >= 4 is 18.2 Å². The van der Waals surface area contributed by atoms with Crippen LogP contribution in [0.3, 0.4) is 0 Å². The molecule has 0 heterocycles. The van der Waals surface area contributed by atoms with Gasteiger partial charge in [-0.1, -0.05) is 62.1 Å². The maximum atomic E-state index is 4.39. The molecule has 0 saturated heterocycles. The van der Waals surface area contributed by atoms with Crippen LogP contribution in [0.1, 0.15) is 37.0 Å². The van der Waals surface area contributed by atoms with Crippen molar-refractivity contribution in [1.29, 1.82) is 0 Å².